The van der Waals surface area contributed by atoms with E-state index < -0.39 is 91.5 Å². The maximum atomic E-state index is 13.1. The number of hydrogen-bond donors (Lipinski definition) is 4. The molecule has 0 rings (SSSR count). The van der Waals surface area contributed by atoms with Crippen LogP contribution in [0.5, 0.6) is 0 Å². The third-order valence-corrected chi connectivity index (χ3v) is 20.8. The molecule has 0 aromatic heterocycles. The predicted octanol–water partition coefficient (Wildman–Crippen LogP) is 27.9. The number of carbonyl (C=O) groups excluding carboxylic acids is 3. The molecule has 5 atom stereocenters. The van der Waals surface area contributed by atoms with Crippen molar-refractivity contribution in [3.8, 4) is 0 Å². The van der Waals surface area contributed by atoms with E-state index in [1.54, 1.807) is 0 Å². The zero-order valence-electron chi connectivity index (χ0n) is 72.4. The van der Waals surface area contributed by atoms with Gasteiger partial charge in [-0.15, -0.1) is 0 Å². The summed E-state index contributed by atoms with van der Waals surface area (Å²) in [6.45, 7) is 2.45. The van der Waals surface area contributed by atoms with E-state index in [0.717, 1.165) is 180 Å². The highest BCUT2D eigenvalue weighted by molar-refractivity contribution is 7.47. The standard InChI is InChI=1S/C97H164O16P2/c1-4-7-10-13-16-19-22-25-28-31-34-37-40-42-43-44-45-46-47-49-52-53-56-59-62-65-68-71-74-77-80-83-95(100)107-86-92(98)87-109-114(103,104)110-88-93(99)89-111-115(105,106)112-91-94(113-97(102)85-82-79-76-73-70-67-64-61-58-55-50-39-36-33-30-27-24-21-18-15-12-9-6-3)90-108-96(101)84-81-78-75-72-69-66-63-60-57-54-51-48-41-38-35-32-29-26-23-20-17-14-11-8-5-2/h7-8,10-11,16-21,25-30,34-39,42-43,48,51,55,58,92-94,98-99H,4-6,9,12-15,22-24,31-33,40-41,44-47,49-50,52-54,56-57,59-91H2,1-3H3,(H,103,104)(H,105,106)/b10-7-,11-8-,19-16-,20-17-,21-18-,28-25-,29-26-,30-27-,37-34-,38-35-,39-36-,43-42-,51-48-,58-55-. The number of ether oxygens (including phenoxy) is 3. The van der Waals surface area contributed by atoms with Crippen LogP contribution in [0.2, 0.25) is 0 Å². The second-order valence-electron chi connectivity index (χ2n) is 30.0. The summed E-state index contributed by atoms with van der Waals surface area (Å²) in [4.78, 5) is 59.0. The number of hydrogen-bond acceptors (Lipinski definition) is 14. The monoisotopic (exact) mass is 1650 g/mol. The molecular weight excluding hydrogens is 1480 g/mol. The summed E-state index contributed by atoms with van der Waals surface area (Å²) in [6.07, 6.45) is 114. The zero-order valence-corrected chi connectivity index (χ0v) is 74.2. The summed E-state index contributed by atoms with van der Waals surface area (Å²) < 4.78 is 61.5. The molecule has 0 saturated carbocycles. The molecule has 0 heterocycles. The van der Waals surface area contributed by atoms with E-state index in [2.05, 4.69) is 191 Å². The van der Waals surface area contributed by atoms with Gasteiger partial charge in [0.25, 0.3) is 0 Å². The molecule has 5 unspecified atom stereocenters. The largest absolute Gasteiger partial charge is 0.472 e. The van der Waals surface area contributed by atoms with E-state index in [9.17, 15) is 43.5 Å². The highest BCUT2D eigenvalue weighted by Crippen LogP contribution is 2.45. The highest BCUT2D eigenvalue weighted by atomic mass is 31.2. The number of phosphoric acid groups is 2. The van der Waals surface area contributed by atoms with Crippen LogP contribution in [0.1, 0.15) is 367 Å². The summed E-state index contributed by atoms with van der Waals surface area (Å²) in [6, 6.07) is 0. The first-order valence-electron chi connectivity index (χ1n) is 45.4. The molecule has 0 saturated heterocycles. The summed E-state index contributed by atoms with van der Waals surface area (Å²) in [5, 5.41) is 20.7. The van der Waals surface area contributed by atoms with Crippen LogP contribution < -0.4 is 0 Å². The van der Waals surface area contributed by atoms with Gasteiger partial charge in [-0.2, -0.15) is 0 Å². The second kappa shape index (κ2) is 88.2. The van der Waals surface area contributed by atoms with Crippen molar-refractivity contribution in [2.24, 2.45) is 0 Å². The third-order valence-electron chi connectivity index (χ3n) is 18.9. The molecule has 0 fully saturated rings. The number of carbonyl (C=O) groups is 3. The van der Waals surface area contributed by atoms with Crippen LogP contribution in [0.4, 0.5) is 0 Å². The van der Waals surface area contributed by atoms with Gasteiger partial charge in [0.15, 0.2) is 6.10 Å². The third kappa shape index (κ3) is 89.5. The zero-order chi connectivity index (χ0) is 83.6. The van der Waals surface area contributed by atoms with Crippen LogP contribution in [0, 0.1) is 0 Å². The van der Waals surface area contributed by atoms with Gasteiger partial charge in [0.1, 0.15) is 25.4 Å². The Kier molecular flexibility index (Phi) is 84.3. The van der Waals surface area contributed by atoms with Crippen molar-refractivity contribution < 1.29 is 75.8 Å². The molecule has 0 bridgehead atoms. The Morgan fingerprint density at radius 2 is 0.461 bits per heavy atom. The lowest BCUT2D eigenvalue weighted by Gasteiger charge is -2.21. The van der Waals surface area contributed by atoms with E-state index in [-0.39, 0.29) is 19.3 Å². The Morgan fingerprint density at radius 1 is 0.252 bits per heavy atom. The van der Waals surface area contributed by atoms with E-state index in [0.29, 0.717) is 19.3 Å². The van der Waals surface area contributed by atoms with Crippen molar-refractivity contribution in [1.82, 2.24) is 0 Å². The van der Waals surface area contributed by atoms with E-state index >= 15 is 0 Å². The molecular formula is C97H164O16P2. The van der Waals surface area contributed by atoms with Crippen LogP contribution in [-0.2, 0) is 55.8 Å². The highest BCUT2D eigenvalue weighted by Gasteiger charge is 2.29. The van der Waals surface area contributed by atoms with Crippen LogP contribution >= 0.6 is 15.6 Å². The lowest BCUT2D eigenvalue weighted by atomic mass is 10.0. The van der Waals surface area contributed by atoms with Crippen LogP contribution in [-0.4, -0.2) is 95.9 Å². The van der Waals surface area contributed by atoms with E-state index in [4.69, 9.17) is 32.3 Å². The number of aliphatic hydroxyl groups excluding tert-OH is 2. The maximum absolute atomic E-state index is 13.1. The smallest absolute Gasteiger partial charge is 0.463 e. The summed E-state index contributed by atoms with van der Waals surface area (Å²) >= 11 is 0. The second-order valence-corrected chi connectivity index (χ2v) is 32.9. The Bertz CT molecular complexity index is 2770. The Balaban J connectivity index is 4.62. The Morgan fingerprint density at radius 3 is 0.730 bits per heavy atom. The van der Waals surface area contributed by atoms with Gasteiger partial charge in [-0.1, -0.05) is 364 Å². The van der Waals surface area contributed by atoms with Gasteiger partial charge >= 0.3 is 33.6 Å². The minimum Gasteiger partial charge on any atom is -0.463 e. The van der Waals surface area contributed by atoms with Gasteiger partial charge in [0.05, 0.1) is 26.4 Å². The molecule has 0 radical (unpaired) electrons. The predicted molar refractivity (Wildman–Crippen MR) is 482 cm³/mol. The first-order valence-corrected chi connectivity index (χ1v) is 48.4. The molecule has 115 heavy (non-hydrogen) atoms. The number of esters is 3. The van der Waals surface area contributed by atoms with Gasteiger partial charge in [0.2, 0.25) is 0 Å². The summed E-state index contributed by atoms with van der Waals surface area (Å²) in [7, 11) is -9.82. The molecule has 0 amide bonds. The van der Waals surface area contributed by atoms with Crippen molar-refractivity contribution in [2.75, 3.05) is 39.6 Å². The van der Waals surface area contributed by atoms with Crippen LogP contribution in [0.25, 0.3) is 0 Å². The van der Waals surface area contributed by atoms with Crippen molar-refractivity contribution in [1.29, 1.82) is 0 Å². The molecule has 4 N–H and O–H groups in total. The quantitative estimate of drug-likeness (QED) is 0.0146. The van der Waals surface area contributed by atoms with E-state index in [1.165, 1.54) is 128 Å². The Labute approximate surface area is 701 Å². The number of phosphoric ester groups is 2. The van der Waals surface area contributed by atoms with Gasteiger partial charge in [-0.3, -0.25) is 32.5 Å². The van der Waals surface area contributed by atoms with Gasteiger partial charge < -0.3 is 34.2 Å². The maximum Gasteiger partial charge on any atom is 0.472 e. The van der Waals surface area contributed by atoms with Crippen molar-refractivity contribution >= 4 is 33.6 Å². The fourth-order valence-electron chi connectivity index (χ4n) is 12.1. The first-order chi connectivity index (χ1) is 56.2. The number of aliphatic hydroxyl groups is 2. The average molecular weight is 1650 g/mol. The molecule has 16 nitrogen and oxygen atoms in total. The minimum atomic E-state index is -4.95. The number of allylic oxidation sites excluding steroid dienone is 28. The minimum absolute atomic E-state index is 0.0863. The van der Waals surface area contributed by atoms with E-state index in [1.807, 2.05) is 0 Å². The molecule has 0 aliphatic carbocycles. The molecule has 18 heteroatoms. The number of unbranched alkanes of at least 4 members (excludes halogenated alkanes) is 34. The molecule has 0 aliphatic heterocycles. The van der Waals surface area contributed by atoms with Gasteiger partial charge in [-0.05, 0) is 154 Å². The first kappa shape index (κ1) is 110. The molecule has 0 spiro atoms. The lowest BCUT2D eigenvalue weighted by molar-refractivity contribution is -0.161. The molecule has 0 aliphatic rings. The van der Waals surface area contributed by atoms with Crippen molar-refractivity contribution in [3.05, 3.63) is 170 Å². The normalized spacial score (nSPS) is 14.6. The van der Waals surface area contributed by atoms with Crippen LogP contribution in [0.3, 0.4) is 0 Å². The lowest BCUT2D eigenvalue weighted by Crippen LogP contribution is -2.30. The fourth-order valence-corrected chi connectivity index (χ4v) is 13.7. The summed E-state index contributed by atoms with van der Waals surface area (Å²) in [5.41, 5.74) is 0. The van der Waals surface area contributed by atoms with Gasteiger partial charge in [-0.25, -0.2) is 9.13 Å². The van der Waals surface area contributed by atoms with Crippen molar-refractivity contribution in [3.63, 3.8) is 0 Å². The molecule has 0 aromatic carbocycles. The molecule has 0 aromatic rings. The number of rotatable bonds is 85. The van der Waals surface area contributed by atoms with Crippen molar-refractivity contribution in [2.45, 2.75) is 386 Å². The average Bonchev–Trinajstić information content (AvgIpc) is 0.903. The fraction of sp³-hybridized carbons (Fsp3) is 0.680. The molecule has 658 valence electrons. The van der Waals surface area contributed by atoms with Crippen LogP contribution in [0.15, 0.2) is 170 Å². The SMILES string of the molecule is CC/C=C\C/C=C\C/C=C\C/C=C\C/C=C\CCCCCCCCCCCCCCCCCC(=O)OCC(O)COP(=O)(O)OCC(O)COP(=O)(O)OCC(COC(=O)CCCCCCCCCCC/C=C\C/C=C\C/C=C\C/C=C\C/C=C\CC)OC(=O)CCCCCCCCC/C=C\C/C=C\C/C=C\C/C=C\CCCCC. The van der Waals surface area contributed by atoms with Gasteiger partial charge in [0, 0.05) is 19.3 Å². The topological polar surface area (TPSA) is 231 Å². The summed E-state index contributed by atoms with van der Waals surface area (Å²) in [5.74, 6) is -1.59. The Hall–Kier alpha value is -5.09.